The molecule has 2 aliphatic heterocycles. The normalized spacial score (nSPS) is 22.2. The first-order valence-corrected chi connectivity index (χ1v) is 7.14. The van der Waals surface area contributed by atoms with Crippen LogP contribution >= 0.6 is 0 Å². The Hall–Kier alpha value is -2.53. The SMILES string of the molecule is Cc1ccc(C2(O)NC(=O)c3cc4c(cc32)OCCO4)cc1. The lowest BCUT2D eigenvalue weighted by atomic mass is 9.93. The molecular formula is C17H15NO4. The van der Waals surface area contributed by atoms with Crippen molar-refractivity contribution >= 4 is 5.91 Å². The Kier molecular flexibility index (Phi) is 2.68. The number of carbonyl (C=O) groups is 1. The van der Waals surface area contributed by atoms with Crippen LogP contribution in [0.2, 0.25) is 0 Å². The summed E-state index contributed by atoms with van der Waals surface area (Å²) in [5.74, 6) is 0.760. The van der Waals surface area contributed by atoms with E-state index in [4.69, 9.17) is 9.47 Å². The lowest BCUT2D eigenvalue weighted by Gasteiger charge is -2.26. The number of hydrogen-bond acceptors (Lipinski definition) is 4. The van der Waals surface area contributed by atoms with Crippen molar-refractivity contribution in [1.29, 1.82) is 0 Å². The minimum atomic E-state index is -1.55. The molecule has 0 saturated carbocycles. The highest BCUT2D eigenvalue weighted by Crippen LogP contribution is 2.42. The molecule has 2 N–H and O–H groups in total. The highest BCUT2D eigenvalue weighted by molar-refractivity contribution is 6.01. The molecule has 5 nitrogen and oxygen atoms in total. The molecule has 0 aliphatic carbocycles. The molecule has 5 heteroatoms. The fourth-order valence-corrected chi connectivity index (χ4v) is 2.90. The van der Waals surface area contributed by atoms with Gasteiger partial charge in [-0.15, -0.1) is 0 Å². The summed E-state index contributed by atoms with van der Waals surface area (Å²) in [6.07, 6.45) is 0. The van der Waals surface area contributed by atoms with Gasteiger partial charge in [-0.25, -0.2) is 0 Å². The maximum absolute atomic E-state index is 12.2. The monoisotopic (exact) mass is 297 g/mol. The van der Waals surface area contributed by atoms with Gasteiger partial charge in [-0.2, -0.15) is 0 Å². The summed E-state index contributed by atoms with van der Waals surface area (Å²) in [4.78, 5) is 12.2. The molecule has 4 rings (SSSR count). The Labute approximate surface area is 127 Å². The second-order valence-corrected chi connectivity index (χ2v) is 5.57. The van der Waals surface area contributed by atoms with Gasteiger partial charge in [-0.1, -0.05) is 29.8 Å². The molecule has 1 atom stereocenters. The molecule has 0 aromatic heterocycles. The fraction of sp³-hybridized carbons (Fsp3) is 0.235. The van der Waals surface area contributed by atoms with Crippen molar-refractivity contribution in [1.82, 2.24) is 5.32 Å². The van der Waals surface area contributed by atoms with Gasteiger partial charge in [0.15, 0.2) is 17.2 Å². The van der Waals surface area contributed by atoms with E-state index in [1.54, 1.807) is 12.1 Å². The zero-order valence-corrected chi connectivity index (χ0v) is 12.1. The fourth-order valence-electron chi connectivity index (χ4n) is 2.90. The number of aryl methyl sites for hydroxylation is 1. The lowest BCUT2D eigenvalue weighted by Crippen LogP contribution is -2.40. The second kappa shape index (κ2) is 4.48. The third-order valence-corrected chi connectivity index (χ3v) is 4.08. The minimum absolute atomic E-state index is 0.324. The van der Waals surface area contributed by atoms with Crippen LogP contribution in [-0.2, 0) is 5.72 Å². The third kappa shape index (κ3) is 1.79. The molecule has 22 heavy (non-hydrogen) atoms. The highest BCUT2D eigenvalue weighted by Gasteiger charge is 2.44. The molecule has 0 radical (unpaired) electrons. The average molecular weight is 297 g/mol. The van der Waals surface area contributed by atoms with Gasteiger partial charge in [-0.05, 0) is 19.1 Å². The first kappa shape index (κ1) is 13.2. The average Bonchev–Trinajstić information content (AvgIpc) is 2.78. The molecule has 0 saturated heterocycles. The van der Waals surface area contributed by atoms with E-state index < -0.39 is 5.72 Å². The predicted octanol–water partition coefficient (Wildman–Crippen LogP) is 1.70. The quantitative estimate of drug-likeness (QED) is 0.841. The number of rotatable bonds is 1. The van der Waals surface area contributed by atoms with Crippen LogP contribution in [0.3, 0.4) is 0 Å². The summed E-state index contributed by atoms with van der Waals surface area (Å²) in [6, 6.07) is 10.7. The summed E-state index contributed by atoms with van der Waals surface area (Å²) in [5.41, 5.74) is 1.05. The van der Waals surface area contributed by atoms with Crippen LogP contribution in [0.25, 0.3) is 0 Å². The smallest absolute Gasteiger partial charge is 0.254 e. The Bertz CT molecular complexity index is 769. The molecular weight excluding hydrogens is 282 g/mol. The van der Waals surface area contributed by atoms with E-state index >= 15 is 0 Å². The molecule has 2 aliphatic rings. The van der Waals surface area contributed by atoms with Gasteiger partial charge in [0, 0.05) is 11.1 Å². The van der Waals surface area contributed by atoms with Crippen LogP contribution in [-0.4, -0.2) is 24.2 Å². The minimum Gasteiger partial charge on any atom is -0.486 e. The number of fused-ring (bicyclic) bond motifs is 2. The third-order valence-electron chi connectivity index (χ3n) is 4.08. The standard InChI is InChI=1S/C17H15NO4/c1-10-2-4-11(5-3-10)17(20)13-9-15-14(21-6-7-22-15)8-12(13)16(19)18-17/h2-5,8-9,20H,6-7H2,1H3,(H,18,19). The van der Waals surface area contributed by atoms with Crippen LogP contribution in [0, 0.1) is 6.92 Å². The number of hydrogen-bond donors (Lipinski definition) is 2. The molecule has 0 fully saturated rings. The highest BCUT2D eigenvalue weighted by atomic mass is 16.6. The molecule has 112 valence electrons. The van der Waals surface area contributed by atoms with Gasteiger partial charge in [0.05, 0.1) is 5.56 Å². The van der Waals surface area contributed by atoms with Crippen molar-refractivity contribution in [3.8, 4) is 11.5 Å². The molecule has 2 heterocycles. The number of benzene rings is 2. The summed E-state index contributed by atoms with van der Waals surface area (Å²) in [5, 5.41) is 13.7. The number of ether oxygens (including phenoxy) is 2. The van der Waals surface area contributed by atoms with Crippen molar-refractivity contribution < 1.29 is 19.4 Å². The molecule has 1 unspecified atom stereocenters. The molecule has 1 amide bonds. The predicted molar refractivity (Wildman–Crippen MR) is 79.1 cm³/mol. The van der Waals surface area contributed by atoms with Crippen molar-refractivity contribution in [2.24, 2.45) is 0 Å². The van der Waals surface area contributed by atoms with Gasteiger partial charge >= 0.3 is 0 Å². The van der Waals surface area contributed by atoms with Crippen molar-refractivity contribution in [2.45, 2.75) is 12.6 Å². The van der Waals surface area contributed by atoms with E-state index in [1.807, 2.05) is 31.2 Å². The zero-order chi connectivity index (χ0) is 15.3. The van der Waals surface area contributed by atoms with Crippen LogP contribution in [0.5, 0.6) is 11.5 Å². The van der Waals surface area contributed by atoms with E-state index in [2.05, 4.69) is 5.32 Å². The van der Waals surface area contributed by atoms with E-state index in [9.17, 15) is 9.90 Å². The largest absolute Gasteiger partial charge is 0.486 e. The maximum atomic E-state index is 12.2. The van der Waals surface area contributed by atoms with Crippen LogP contribution < -0.4 is 14.8 Å². The first-order valence-electron chi connectivity index (χ1n) is 7.14. The van der Waals surface area contributed by atoms with Gasteiger partial charge in [-0.3, -0.25) is 4.79 Å². The summed E-state index contributed by atoms with van der Waals surface area (Å²) in [7, 11) is 0. The summed E-state index contributed by atoms with van der Waals surface area (Å²) in [6.45, 7) is 2.88. The maximum Gasteiger partial charge on any atom is 0.254 e. The van der Waals surface area contributed by atoms with E-state index in [0.717, 1.165) is 5.56 Å². The van der Waals surface area contributed by atoms with Crippen LogP contribution in [0.4, 0.5) is 0 Å². The molecule has 2 aromatic rings. The van der Waals surface area contributed by atoms with Gasteiger partial charge < -0.3 is 19.9 Å². The molecule has 0 bridgehead atoms. The molecule has 0 spiro atoms. The van der Waals surface area contributed by atoms with Gasteiger partial charge in [0.1, 0.15) is 13.2 Å². The summed E-state index contributed by atoms with van der Waals surface area (Å²) < 4.78 is 11.1. The van der Waals surface area contributed by atoms with E-state index in [1.165, 1.54) is 0 Å². The van der Waals surface area contributed by atoms with E-state index in [-0.39, 0.29) is 5.91 Å². The van der Waals surface area contributed by atoms with Crippen molar-refractivity contribution in [2.75, 3.05) is 13.2 Å². The van der Waals surface area contributed by atoms with Gasteiger partial charge in [0.25, 0.3) is 5.91 Å². The number of carbonyl (C=O) groups excluding carboxylic acids is 1. The number of nitrogens with one attached hydrogen (secondary N) is 1. The van der Waals surface area contributed by atoms with Crippen molar-refractivity contribution in [3.05, 3.63) is 58.7 Å². The van der Waals surface area contributed by atoms with Crippen LogP contribution in [0.1, 0.15) is 27.0 Å². The number of amides is 1. The number of aliphatic hydroxyl groups is 1. The zero-order valence-electron chi connectivity index (χ0n) is 12.1. The lowest BCUT2D eigenvalue weighted by molar-refractivity contribution is 0.0473. The Balaban J connectivity index is 1.88. The Morgan fingerprint density at radius 2 is 1.73 bits per heavy atom. The first-order chi connectivity index (χ1) is 10.6. The topological polar surface area (TPSA) is 67.8 Å². The van der Waals surface area contributed by atoms with E-state index in [0.29, 0.717) is 41.4 Å². The molecule has 2 aromatic carbocycles. The second-order valence-electron chi connectivity index (χ2n) is 5.57. The Morgan fingerprint density at radius 1 is 1.09 bits per heavy atom. The van der Waals surface area contributed by atoms with Crippen LogP contribution in [0.15, 0.2) is 36.4 Å². The summed E-state index contributed by atoms with van der Waals surface area (Å²) >= 11 is 0. The Morgan fingerprint density at radius 3 is 2.41 bits per heavy atom. The van der Waals surface area contributed by atoms with Gasteiger partial charge in [0.2, 0.25) is 0 Å². The van der Waals surface area contributed by atoms with Crippen molar-refractivity contribution in [3.63, 3.8) is 0 Å².